The summed E-state index contributed by atoms with van der Waals surface area (Å²) in [6.45, 7) is 0. The van der Waals surface area contributed by atoms with E-state index in [0.29, 0.717) is 0 Å². The van der Waals surface area contributed by atoms with Gasteiger partial charge in [0.05, 0.1) is 38.9 Å². The van der Waals surface area contributed by atoms with Gasteiger partial charge in [0.15, 0.2) is 0 Å². The zero-order valence-electron chi connectivity index (χ0n) is 42.9. The van der Waals surface area contributed by atoms with Gasteiger partial charge in [-0.05, 0) is 125 Å². The molecule has 0 heterocycles. The summed E-state index contributed by atoms with van der Waals surface area (Å²) < 4.78 is 0. The van der Waals surface area contributed by atoms with E-state index >= 15 is 0 Å². The van der Waals surface area contributed by atoms with Gasteiger partial charge < -0.3 is 143 Å². The minimum absolute atomic E-state index is 0. The molecule has 35 nitrogen and oxygen atoms in total. The Bertz CT molecular complexity index is 2840. The molecule has 0 amide bonds. The zero-order chi connectivity index (χ0) is 65.1. The Kier molecular flexibility index (Phi) is 32.3. The third-order valence-corrected chi connectivity index (χ3v) is 9.08. The van der Waals surface area contributed by atoms with Gasteiger partial charge in [0.25, 0.3) is 0 Å². The van der Waals surface area contributed by atoms with E-state index in [1.165, 1.54) is 0 Å². The fourth-order valence-corrected chi connectivity index (χ4v) is 5.05. The fourth-order valence-electron chi connectivity index (χ4n) is 5.05. The van der Waals surface area contributed by atoms with Crippen LogP contribution >= 0.6 is 0 Å². The Morgan fingerprint density at radius 2 is 0.264 bits per heavy atom. The first-order valence-electron chi connectivity index (χ1n) is 20.9. The maximum absolute atomic E-state index is 10.7. The van der Waals surface area contributed by atoms with Gasteiger partial charge in [-0.1, -0.05) is 0 Å². The molecule has 7 aromatic rings. The van der Waals surface area contributed by atoms with Crippen LogP contribution in [-0.2, 0) is 26.2 Å². The number of hydrogen-bond donors (Lipinski definition) is 21. The van der Waals surface area contributed by atoms with Gasteiger partial charge in [-0.15, -0.1) is 0 Å². The van der Waals surface area contributed by atoms with E-state index in [4.69, 9.17) is 107 Å². The number of aromatic hydroxyl groups is 14. The van der Waals surface area contributed by atoms with Gasteiger partial charge in [-0.25, -0.2) is 33.6 Å². The molecular weight excluding hydrogens is 1270 g/mol. The normalized spacial score (nSPS) is 9.33. The van der Waals surface area contributed by atoms with Crippen LogP contribution in [0.3, 0.4) is 0 Å². The summed E-state index contributed by atoms with van der Waals surface area (Å²) in [5.41, 5.74) is -2.30. The number of rotatable bonds is 7. The number of hydrogen-bond acceptors (Lipinski definition) is 28. The van der Waals surface area contributed by atoms with E-state index in [1.807, 2.05) is 0 Å². The molecule has 0 aliphatic carbocycles. The van der Waals surface area contributed by atoms with Crippen molar-refractivity contribution in [3.05, 3.63) is 124 Å². The average molecular weight is 1310 g/mol. The number of aromatic carboxylic acids is 7. The molecule has 448 valence electrons. The summed E-state index contributed by atoms with van der Waals surface area (Å²) in [6, 6.07) is 10.9. The molecule has 0 aromatic heterocycles. The molecular formula is C49H35LiMgO35Zr. The van der Waals surface area contributed by atoms with Crippen molar-refractivity contribution < 1.29 is 222 Å². The number of phenols is 14. The molecule has 38 heteroatoms. The fraction of sp³-hybridized carbons (Fsp3) is 0. The third kappa shape index (κ3) is 23.9. The molecule has 0 bridgehead atoms. The molecule has 0 atom stereocenters. The first kappa shape index (κ1) is 80.1. The smallest absolute Gasteiger partial charge is 0.867 e. The quantitative estimate of drug-likeness (QED) is 0.0672. The Morgan fingerprint density at radius 1 is 0.207 bits per heavy atom. The second kappa shape index (κ2) is 35.1. The predicted octanol–water partition coefficient (Wildman–Crippen LogP) is -4.29. The zero-order valence-corrected chi connectivity index (χ0v) is 46.8. The van der Waals surface area contributed by atoms with Crippen molar-refractivity contribution in [1.82, 2.24) is 0 Å². The molecule has 0 saturated heterocycles. The van der Waals surface area contributed by atoms with Crippen LogP contribution in [0.15, 0.2) is 84.9 Å². The van der Waals surface area contributed by atoms with Crippen molar-refractivity contribution in [3.63, 3.8) is 0 Å². The predicted molar refractivity (Wildman–Crippen MR) is 259 cm³/mol. The molecule has 0 radical (unpaired) electrons. The maximum Gasteiger partial charge on any atom is 4.00 e. The third-order valence-electron chi connectivity index (χ3n) is 9.08. The first-order valence-corrected chi connectivity index (χ1v) is 20.9. The molecule has 21 N–H and O–H groups in total. The summed E-state index contributed by atoms with van der Waals surface area (Å²) in [5, 5.41) is 256. The van der Waals surface area contributed by atoms with Gasteiger partial charge in [0.2, 0.25) is 0 Å². The van der Waals surface area contributed by atoms with E-state index in [2.05, 4.69) is 0 Å². The minimum atomic E-state index is -1.32. The van der Waals surface area contributed by atoms with Crippen molar-refractivity contribution in [2.75, 3.05) is 0 Å². The van der Waals surface area contributed by atoms with Gasteiger partial charge >= 0.3 is 110 Å². The Morgan fingerprint density at radius 3 is 0.310 bits per heavy atom. The van der Waals surface area contributed by atoms with Crippen molar-refractivity contribution in [2.24, 2.45) is 0 Å². The van der Waals surface area contributed by atoms with Crippen molar-refractivity contribution >= 4 is 64.8 Å². The van der Waals surface area contributed by atoms with Crippen LogP contribution in [0.1, 0.15) is 72.5 Å². The molecule has 0 fully saturated rings. The average Bonchev–Trinajstić information content (AvgIpc) is 3.40. The van der Waals surface area contributed by atoms with Crippen LogP contribution in [0.4, 0.5) is 0 Å². The maximum atomic E-state index is 10.7. The van der Waals surface area contributed by atoms with E-state index in [1.54, 1.807) is 0 Å². The number of phenolic OH excluding ortho intramolecular Hbond substituents is 14. The molecule has 0 aliphatic heterocycles. The molecule has 87 heavy (non-hydrogen) atoms. The number of carbonyl (C=O) groups is 7. The van der Waals surface area contributed by atoms with Crippen LogP contribution in [-0.4, -0.2) is 172 Å². The number of benzene rings is 7. The van der Waals surface area contributed by atoms with E-state index in [9.17, 15) is 69.3 Å². The molecule has 7 rings (SSSR count). The minimum Gasteiger partial charge on any atom is -0.867 e. The first-order chi connectivity index (χ1) is 38.6. The Labute approximate surface area is 528 Å². The monoisotopic (exact) mass is 1300 g/mol. The van der Waals surface area contributed by atoms with E-state index < -0.39 is 163 Å². The number of carboxylic acids is 7. The SMILES string of the molecule is O=C(O)c1cc(O)c([O-])c(O)c1.O=C(O)c1cc(O)c([O-])c(O)c1.O=C(O)c1cc(O)c([O-])c(O)c1.O=C(O)c1cc(O)c([O-])c(O)c1.O=C(O)c1cc(O)c([O-])c(O)c1.O=C(O)c1cc(O)c([O-])c(O)c1.O=C(O)c1cc(O)c([O-])c(O)c1.[Li+].[Mg+2].[Zr+4]. The van der Waals surface area contributed by atoms with Crippen LogP contribution in [0, 0.1) is 0 Å². The van der Waals surface area contributed by atoms with Gasteiger partial charge in [0, 0.05) is 0 Å². The molecule has 0 spiro atoms. The van der Waals surface area contributed by atoms with Crippen molar-refractivity contribution in [2.45, 2.75) is 0 Å². The summed E-state index contributed by atoms with van der Waals surface area (Å²) in [6.07, 6.45) is 0. The van der Waals surface area contributed by atoms with Crippen molar-refractivity contribution in [3.8, 4) is 121 Å². The molecule has 0 saturated carbocycles. The largest absolute Gasteiger partial charge is 4.00 e. The van der Waals surface area contributed by atoms with Gasteiger partial charge in [-0.3, -0.25) is 0 Å². The van der Waals surface area contributed by atoms with Crippen molar-refractivity contribution in [1.29, 1.82) is 0 Å². The summed E-state index contributed by atoms with van der Waals surface area (Å²) in [7, 11) is 0. The second-order valence-corrected chi connectivity index (χ2v) is 15.0. The van der Waals surface area contributed by atoms with Gasteiger partial charge in [0.1, 0.15) is 80.5 Å². The van der Waals surface area contributed by atoms with Crippen LogP contribution in [0.25, 0.3) is 0 Å². The molecule has 0 unspecified atom stereocenters. The second-order valence-electron chi connectivity index (χ2n) is 15.0. The van der Waals surface area contributed by atoms with Crippen LogP contribution in [0.5, 0.6) is 121 Å². The van der Waals surface area contributed by atoms with Crippen LogP contribution in [0.2, 0.25) is 0 Å². The summed E-state index contributed by atoms with van der Waals surface area (Å²) in [5.74, 6) is -26.8. The summed E-state index contributed by atoms with van der Waals surface area (Å²) >= 11 is 0. The topological polar surface area (TPSA) is 706 Å². The van der Waals surface area contributed by atoms with E-state index in [-0.39, 0.29) is 107 Å². The standard InChI is InChI=1S/7C7H6O5.Li.Mg.Zr/c7*8-4-1-3(7(11)12)2-5(9)6(4)10;;;/h7*1-2,8-10H,(H,11,12);;;/q;;;;;;;+1;+2;+4/p-7. The molecule has 0 aliphatic rings. The van der Waals surface area contributed by atoms with Gasteiger partial charge in [-0.2, -0.15) is 0 Å². The summed E-state index contributed by atoms with van der Waals surface area (Å²) in [4.78, 5) is 72.0. The molecule has 7 aromatic carbocycles. The number of carboxylic acid groups (broad SMARTS) is 7. The Balaban J connectivity index is -0.000000941. The van der Waals surface area contributed by atoms with E-state index in [0.717, 1.165) is 84.9 Å². The van der Waals surface area contributed by atoms with Crippen LogP contribution < -0.4 is 54.6 Å². The Hall–Kier alpha value is -11.1.